The van der Waals surface area contributed by atoms with Crippen LogP contribution in [0.2, 0.25) is 0 Å². The molecule has 2 amide bonds. The highest BCUT2D eigenvalue weighted by Gasteiger charge is 2.20. The van der Waals surface area contributed by atoms with Crippen LogP contribution in [-0.2, 0) is 9.59 Å². The summed E-state index contributed by atoms with van der Waals surface area (Å²) in [6.07, 6.45) is 1.97. The van der Waals surface area contributed by atoms with E-state index in [1.165, 1.54) is 0 Å². The Kier molecular flexibility index (Phi) is 5.52. The molecule has 0 atom stereocenters. The molecule has 25 heavy (non-hydrogen) atoms. The monoisotopic (exact) mass is 368 g/mol. The van der Waals surface area contributed by atoms with Crippen LogP contribution >= 0.6 is 11.8 Å². The van der Waals surface area contributed by atoms with Gasteiger partial charge < -0.3 is 10.2 Å². The van der Waals surface area contributed by atoms with Crippen molar-refractivity contribution in [3.05, 3.63) is 24.3 Å². The zero-order valence-electron chi connectivity index (χ0n) is 13.5. The van der Waals surface area contributed by atoms with Gasteiger partial charge >= 0.3 is 6.55 Å². The SMILES string of the molecule is O=C(CSc1nc2ccccc2n1C(F)F)NCC(=O)N1CCCC1. The van der Waals surface area contributed by atoms with Crippen LogP contribution in [0, 0.1) is 0 Å². The van der Waals surface area contributed by atoms with Gasteiger partial charge in [-0.3, -0.25) is 14.2 Å². The number of carbonyl (C=O) groups is 2. The van der Waals surface area contributed by atoms with Gasteiger partial charge in [-0.1, -0.05) is 23.9 Å². The number of alkyl halides is 2. The molecule has 2 aromatic rings. The molecule has 2 heterocycles. The predicted octanol–water partition coefficient (Wildman–Crippen LogP) is 2.26. The average Bonchev–Trinajstić information content (AvgIpc) is 3.24. The standard InChI is InChI=1S/C16H18F2N4O2S/c17-15(18)22-12-6-2-1-5-11(12)20-16(22)25-10-13(23)19-9-14(24)21-7-3-4-8-21/h1-2,5-6,15H,3-4,7-10H2,(H,19,23). The lowest BCUT2D eigenvalue weighted by Crippen LogP contribution is -2.39. The number of aromatic nitrogens is 2. The number of para-hydroxylation sites is 2. The van der Waals surface area contributed by atoms with Gasteiger partial charge in [-0.25, -0.2) is 4.98 Å². The predicted molar refractivity (Wildman–Crippen MR) is 90.5 cm³/mol. The second kappa shape index (κ2) is 7.81. The van der Waals surface area contributed by atoms with Crippen molar-refractivity contribution in [2.75, 3.05) is 25.4 Å². The molecule has 1 aliphatic heterocycles. The second-order valence-corrected chi connectivity index (χ2v) is 6.63. The maximum absolute atomic E-state index is 13.3. The van der Waals surface area contributed by atoms with Crippen molar-refractivity contribution < 1.29 is 18.4 Å². The maximum atomic E-state index is 13.3. The fourth-order valence-electron chi connectivity index (χ4n) is 2.75. The van der Waals surface area contributed by atoms with Gasteiger partial charge in [-0.05, 0) is 25.0 Å². The first-order chi connectivity index (χ1) is 12.1. The minimum atomic E-state index is -2.74. The Balaban J connectivity index is 1.57. The van der Waals surface area contributed by atoms with Crippen LogP contribution in [0.15, 0.2) is 29.4 Å². The van der Waals surface area contributed by atoms with Gasteiger partial charge in [0, 0.05) is 13.1 Å². The highest BCUT2D eigenvalue weighted by molar-refractivity contribution is 7.99. The molecule has 6 nitrogen and oxygen atoms in total. The van der Waals surface area contributed by atoms with E-state index in [9.17, 15) is 18.4 Å². The quantitative estimate of drug-likeness (QED) is 0.795. The zero-order chi connectivity index (χ0) is 17.8. The number of halogens is 2. The summed E-state index contributed by atoms with van der Waals surface area (Å²) in [7, 11) is 0. The number of nitrogens with zero attached hydrogens (tertiary/aromatic N) is 3. The molecule has 1 aliphatic rings. The lowest BCUT2D eigenvalue weighted by Gasteiger charge is -2.15. The number of hydrogen-bond acceptors (Lipinski definition) is 4. The van der Waals surface area contributed by atoms with E-state index in [4.69, 9.17) is 0 Å². The van der Waals surface area contributed by atoms with Crippen molar-refractivity contribution in [3.63, 3.8) is 0 Å². The van der Waals surface area contributed by atoms with E-state index in [1.807, 2.05) is 0 Å². The molecule has 1 aromatic carbocycles. The number of rotatable bonds is 6. The maximum Gasteiger partial charge on any atom is 0.321 e. The first-order valence-electron chi connectivity index (χ1n) is 7.98. The number of benzene rings is 1. The Morgan fingerprint density at radius 2 is 1.96 bits per heavy atom. The summed E-state index contributed by atoms with van der Waals surface area (Å²) in [5, 5.41) is 2.62. The Bertz CT molecular complexity index is 775. The molecule has 9 heteroatoms. The first-order valence-corrected chi connectivity index (χ1v) is 8.97. The summed E-state index contributed by atoms with van der Waals surface area (Å²) >= 11 is 0.928. The summed E-state index contributed by atoms with van der Waals surface area (Å²) in [5.74, 6) is -0.579. The van der Waals surface area contributed by atoms with Crippen LogP contribution in [0.25, 0.3) is 11.0 Å². The van der Waals surface area contributed by atoms with E-state index >= 15 is 0 Å². The average molecular weight is 368 g/mol. The van der Waals surface area contributed by atoms with Crippen LogP contribution in [0.5, 0.6) is 0 Å². The molecule has 0 saturated carbocycles. The Morgan fingerprint density at radius 1 is 1.24 bits per heavy atom. The first kappa shape index (κ1) is 17.7. The Labute approximate surface area is 147 Å². The lowest BCUT2D eigenvalue weighted by atomic mass is 10.3. The molecule has 1 N–H and O–H groups in total. The van der Waals surface area contributed by atoms with Crippen molar-refractivity contribution in [3.8, 4) is 0 Å². The molecular weight excluding hydrogens is 350 g/mol. The van der Waals surface area contributed by atoms with E-state index in [0.717, 1.165) is 42.3 Å². The number of hydrogen-bond donors (Lipinski definition) is 1. The van der Waals surface area contributed by atoms with Gasteiger partial charge in [0.15, 0.2) is 5.16 Å². The van der Waals surface area contributed by atoms with E-state index in [0.29, 0.717) is 11.0 Å². The van der Waals surface area contributed by atoms with Crippen LogP contribution in [0.1, 0.15) is 19.4 Å². The third-order valence-electron chi connectivity index (χ3n) is 3.99. The highest BCUT2D eigenvalue weighted by Crippen LogP contribution is 2.28. The van der Waals surface area contributed by atoms with Gasteiger partial charge in [0.05, 0.1) is 23.3 Å². The van der Waals surface area contributed by atoms with Gasteiger partial charge in [0.1, 0.15) is 0 Å². The van der Waals surface area contributed by atoms with Gasteiger partial charge in [0.25, 0.3) is 0 Å². The zero-order valence-corrected chi connectivity index (χ0v) is 14.3. The normalized spacial score (nSPS) is 14.4. The highest BCUT2D eigenvalue weighted by atomic mass is 32.2. The molecule has 0 unspecified atom stereocenters. The van der Waals surface area contributed by atoms with Crippen molar-refractivity contribution in [2.45, 2.75) is 24.5 Å². The van der Waals surface area contributed by atoms with Crippen LogP contribution < -0.4 is 5.32 Å². The van der Waals surface area contributed by atoms with E-state index in [2.05, 4.69) is 10.3 Å². The van der Waals surface area contributed by atoms with Gasteiger partial charge in [-0.2, -0.15) is 8.78 Å². The summed E-state index contributed by atoms with van der Waals surface area (Å²) in [6.45, 7) is -1.36. The number of fused-ring (bicyclic) bond motifs is 1. The summed E-state index contributed by atoms with van der Waals surface area (Å²) in [5.41, 5.74) is 0.777. The summed E-state index contributed by atoms with van der Waals surface area (Å²) < 4.78 is 27.4. The smallest absolute Gasteiger partial charge is 0.321 e. The molecule has 134 valence electrons. The van der Waals surface area contributed by atoms with Gasteiger partial charge in [0.2, 0.25) is 11.8 Å². The summed E-state index contributed by atoms with van der Waals surface area (Å²) in [6, 6.07) is 6.59. The topological polar surface area (TPSA) is 67.2 Å². The van der Waals surface area contributed by atoms with Crippen molar-refractivity contribution in [1.29, 1.82) is 0 Å². The van der Waals surface area contributed by atoms with E-state index < -0.39 is 6.55 Å². The van der Waals surface area contributed by atoms with Crippen molar-refractivity contribution in [1.82, 2.24) is 19.8 Å². The van der Waals surface area contributed by atoms with Gasteiger partial charge in [-0.15, -0.1) is 0 Å². The van der Waals surface area contributed by atoms with E-state index in [1.54, 1.807) is 29.2 Å². The second-order valence-electron chi connectivity index (χ2n) is 5.68. The molecule has 1 aromatic heterocycles. The molecule has 1 fully saturated rings. The van der Waals surface area contributed by atoms with E-state index in [-0.39, 0.29) is 29.3 Å². The third-order valence-corrected chi connectivity index (χ3v) is 4.94. The minimum Gasteiger partial charge on any atom is -0.346 e. The van der Waals surface area contributed by atoms with Crippen LogP contribution in [-0.4, -0.2) is 51.7 Å². The minimum absolute atomic E-state index is 0.0648. The Morgan fingerprint density at radius 3 is 2.68 bits per heavy atom. The van der Waals surface area contributed by atoms with Crippen LogP contribution in [0.3, 0.4) is 0 Å². The number of nitrogens with one attached hydrogen (secondary N) is 1. The molecule has 0 radical (unpaired) electrons. The fraction of sp³-hybridized carbons (Fsp3) is 0.438. The molecule has 0 aliphatic carbocycles. The number of amides is 2. The van der Waals surface area contributed by atoms with Crippen molar-refractivity contribution >= 4 is 34.6 Å². The molecular formula is C16H18F2N4O2S. The lowest BCUT2D eigenvalue weighted by molar-refractivity contribution is -0.131. The number of thioether (sulfide) groups is 1. The van der Waals surface area contributed by atoms with Crippen molar-refractivity contribution in [2.24, 2.45) is 0 Å². The number of carbonyl (C=O) groups excluding carboxylic acids is 2. The Hall–Kier alpha value is -2.16. The molecule has 1 saturated heterocycles. The van der Waals surface area contributed by atoms with Crippen LogP contribution in [0.4, 0.5) is 8.78 Å². The number of imidazole rings is 1. The number of likely N-dealkylation sites (tertiary alicyclic amines) is 1. The largest absolute Gasteiger partial charge is 0.346 e. The molecule has 3 rings (SSSR count). The fourth-order valence-corrected chi connectivity index (χ4v) is 3.59. The third kappa shape index (κ3) is 4.09. The molecule has 0 spiro atoms. The summed E-state index contributed by atoms with van der Waals surface area (Å²) in [4.78, 5) is 29.6. The molecule has 0 bridgehead atoms.